The lowest BCUT2D eigenvalue weighted by Gasteiger charge is -2.38. The minimum absolute atomic E-state index is 0.0191. The lowest BCUT2D eigenvalue weighted by atomic mass is 9.96. The standard InChI is InChI=1S/C18H28N2O3/c1-13(19)16-6-4-5-11-20(16)18(21)10-7-14-12-15(22-2)8-9-17(14)23-3/h8-9,12-13,16H,4-7,10-11,19H2,1-3H3. The average molecular weight is 320 g/mol. The van der Waals surface area contributed by atoms with Crippen LogP contribution in [0.4, 0.5) is 0 Å². The van der Waals surface area contributed by atoms with Gasteiger partial charge in [-0.15, -0.1) is 0 Å². The van der Waals surface area contributed by atoms with Crippen LogP contribution in [-0.4, -0.2) is 43.7 Å². The van der Waals surface area contributed by atoms with Gasteiger partial charge in [-0.1, -0.05) is 0 Å². The summed E-state index contributed by atoms with van der Waals surface area (Å²) >= 11 is 0. The second-order valence-corrected chi connectivity index (χ2v) is 6.19. The number of likely N-dealkylation sites (tertiary alicyclic amines) is 1. The van der Waals surface area contributed by atoms with Gasteiger partial charge in [-0.25, -0.2) is 0 Å². The topological polar surface area (TPSA) is 64.8 Å². The second-order valence-electron chi connectivity index (χ2n) is 6.19. The van der Waals surface area contributed by atoms with Crippen molar-refractivity contribution in [2.24, 2.45) is 5.73 Å². The fourth-order valence-corrected chi connectivity index (χ4v) is 3.28. The van der Waals surface area contributed by atoms with E-state index in [2.05, 4.69) is 0 Å². The van der Waals surface area contributed by atoms with Crippen molar-refractivity contribution in [3.63, 3.8) is 0 Å². The molecule has 5 nitrogen and oxygen atoms in total. The van der Waals surface area contributed by atoms with Gasteiger partial charge < -0.3 is 20.1 Å². The van der Waals surface area contributed by atoms with Crippen LogP contribution in [0.2, 0.25) is 0 Å². The predicted molar refractivity (Wildman–Crippen MR) is 90.9 cm³/mol. The van der Waals surface area contributed by atoms with Crippen LogP contribution in [0.3, 0.4) is 0 Å². The van der Waals surface area contributed by atoms with Crippen LogP contribution in [0.5, 0.6) is 11.5 Å². The molecule has 0 spiro atoms. The highest BCUT2D eigenvalue weighted by Gasteiger charge is 2.28. The van der Waals surface area contributed by atoms with E-state index < -0.39 is 0 Å². The van der Waals surface area contributed by atoms with Gasteiger partial charge in [-0.3, -0.25) is 4.79 Å². The Balaban J connectivity index is 2.03. The molecule has 1 aliphatic heterocycles. The summed E-state index contributed by atoms with van der Waals surface area (Å²) < 4.78 is 10.6. The molecule has 2 atom stereocenters. The highest BCUT2D eigenvalue weighted by molar-refractivity contribution is 5.77. The van der Waals surface area contributed by atoms with E-state index in [-0.39, 0.29) is 18.0 Å². The molecule has 128 valence electrons. The fourth-order valence-electron chi connectivity index (χ4n) is 3.28. The molecule has 0 aliphatic carbocycles. The number of amides is 1. The van der Waals surface area contributed by atoms with E-state index in [1.165, 1.54) is 0 Å². The van der Waals surface area contributed by atoms with Gasteiger partial charge in [0.1, 0.15) is 11.5 Å². The quantitative estimate of drug-likeness (QED) is 0.874. The highest BCUT2D eigenvalue weighted by Crippen LogP contribution is 2.26. The summed E-state index contributed by atoms with van der Waals surface area (Å²) in [4.78, 5) is 14.6. The fraction of sp³-hybridized carbons (Fsp3) is 0.611. The Morgan fingerprint density at radius 3 is 2.78 bits per heavy atom. The number of rotatable bonds is 6. The van der Waals surface area contributed by atoms with Crippen LogP contribution in [-0.2, 0) is 11.2 Å². The number of piperidine rings is 1. The maximum Gasteiger partial charge on any atom is 0.223 e. The molecule has 2 unspecified atom stereocenters. The maximum absolute atomic E-state index is 12.6. The van der Waals surface area contributed by atoms with Crippen molar-refractivity contribution in [2.75, 3.05) is 20.8 Å². The van der Waals surface area contributed by atoms with Crippen molar-refractivity contribution in [1.82, 2.24) is 4.90 Å². The minimum atomic E-state index is 0.0191. The molecule has 5 heteroatoms. The Kier molecular flexibility index (Phi) is 6.28. The molecular formula is C18H28N2O3. The number of hydrogen-bond acceptors (Lipinski definition) is 4. The van der Waals surface area contributed by atoms with E-state index in [4.69, 9.17) is 15.2 Å². The number of benzene rings is 1. The summed E-state index contributed by atoms with van der Waals surface area (Å²) in [6.45, 7) is 2.81. The van der Waals surface area contributed by atoms with Crippen LogP contribution in [0.15, 0.2) is 18.2 Å². The molecular weight excluding hydrogens is 292 g/mol. The average Bonchev–Trinajstić information content (AvgIpc) is 2.59. The van der Waals surface area contributed by atoms with Gasteiger partial charge in [0, 0.05) is 25.0 Å². The summed E-state index contributed by atoms with van der Waals surface area (Å²) in [5, 5.41) is 0. The van der Waals surface area contributed by atoms with Crippen molar-refractivity contribution in [3.05, 3.63) is 23.8 Å². The van der Waals surface area contributed by atoms with Gasteiger partial charge in [0.15, 0.2) is 0 Å². The molecule has 0 aromatic heterocycles. The molecule has 2 N–H and O–H groups in total. The molecule has 0 radical (unpaired) electrons. The van der Waals surface area contributed by atoms with Crippen LogP contribution in [0, 0.1) is 0 Å². The molecule has 1 aromatic carbocycles. The number of methoxy groups -OCH3 is 2. The lowest BCUT2D eigenvalue weighted by Crippen LogP contribution is -2.51. The molecule has 0 saturated carbocycles. The van der Waals surface area contributed by atoms with Crippen molar-refractivity contribution >= 4 is 5.91 Å². The molecule has 1 heterocycles. The SMILES string of the molecule is COc1ccc(OC)c(CCC(=O)N2CCCCC2C(C)N)c1. The number of nitrogens with two attached hydrogens (primary N) is 1. The van der Waals surface area contributed by atoms with E-state index in [9.17, 15) is 4.79 Å². The molecule has 1 amide bonds. The first-order chi connectivity index (χ1) is 11.1. The Labute approximate surface area is 138 Å². The summed E-state index contributed by atoms with van der Waals surface area (Å²) in [6, 6.07) is 5.87. The van der Waals surface area contributed by atoms with Gasteiger partial charge >= 0.3 is 0 Å². The molecule has 1 aromatic rings. The van der Waals surface area contributed by atoms with Crippen LogP contribution >= 0.6 is 0 Å². The third-order valence-corrected chi connectivity index (χ3v) is 4.57. The van der Waals surface area contributed by atoms with Gasteiger partial charge in [-0.2, -0.15) is 0 Å². The number of hydrogen-bond donors (Lipinski definition) is 1. The second kappa shape index (κ2) is 8.20. The first-order valence-corrected chi connectivity index (χ1v) is 8.32. The van der Waals surface area contributed by atoms with E-state index in [0.717, 1.165) is 42.9 Å². The summed E-state index contributed by atoms with van der Waals surface area (Å²) in [6.07, 6.45) is 4.33. The number of carbonyl (C=O) groups is 1. The molecule has 1 fully saturated rings. The zero-order chi connectivity index (χ0) is 16.8. The van der Waals surface area contributed by atoms with Crippen molar-refractivity contribution in [3.8, 4) is 11.5 Å². The Morgan fingerprint density at radius 1 is 1.35 bits per heavy atom. The summed E-state index contributed by atoms with van der Waals surface area (Å²) in [7, 11) is 3.28. The van der Waals surface area contributed by atoms with E-state index in [1.54, 1.807) is 14.2 Å². The first kappa shape index (κ1) is 17.6. The highest BCUT2D eigenvalue weighted by atomic mass is 16.5. The number of ether oxygens (including phenoxy) is 2. The molecule has 1 saturated heterocycles. The Bertz CT molecular complexity index is 531. The number of aryl methyl sites for hydroxylation is 1. The van der Waals surface area contributed by atoms with E-state index >= 15 is 0 Å². The zero-order valence-corrected chi connectivity index (χ0v) is 14.4. The smallest absolute Gasteiger partial charge is 0.223 e. The van der Waals surface area contributed by atoms with E-state index in [1.807, 2.05) is 30.0 Å². The van der Waals surface area contributed by atoms with Crippen molar-refractivity contribution in [2.45, 2.75) is 51.1 Å². The van der Waals surface area contributed by atoms with Gasteiger partial charge in [-0.05, 0) is 56.4 Å². The zero-order valence-electron chi connectivity index (χ0n) is 14.4. The normalized spacial score (nSPS) is 19.3. The monoisotopic (exact) mass is 320 g/mol. The van der Waals surface area contributed by atoms with Gasteiger partial charge in [0.2, 0.25) is 5.91 Å². The van der Waals surface area contributed by atoms with Gasteiger partial charge in [0.05, 0.1) is 14.2 Å². The predicted octanol–water partition coefficient (Wildman–Crippen LogP) is 2.36. The maximum atomic E-state index is 12.6. The molecule has 1 aliphatic rings. The third-order valence-electron chi connectivity index (χ3n) is 4.57. The van der Waals surface area contributed by atoms with Gasteiger partial charge in [0.25, 0.3) is 0 Å². The van der Waals surface area contributed by atoms with Crippen LogP contribution in [0.25, 0.3) is 0 Å². The molecule has 2 rings (SSSR count). The Hall–Kier alpha value is -1.75. The van der Waals surface area contributed by atoms with Crippen LogP contribution < -0.4 is 15.2 Å². The van der Waals surface area contributed by atoms with Crippen molar-refractivity contribution in [1.29, 1.82) is 0 Å². The molecule has 0 bridgehead atoms. The lowest BCUT2D eigenvalue weighted by molar-refractivity contribution is -0.135. The third kappa shape index (κ3) is 4.38. The van der Waals surface area contributed by atoms with Crippen molar-refractivity contribution < 1.29 is 14.3 Å². The summed E-state index contributed by atoms with van der Waals surface area (Å²) in [5.74, 6) is 1.75. The first-order valence-electron chi connectivity index (χ1n) is 8.32. The minimum Gasteiger partial charge on any atom is -0.497 e. The number of nitrogens with zero attached hydrogens (tertiary/aromatic N) is 1. The largest absolute Gasteiger partial charge is 0.497 e. The van der Waals surface area contributed by atoms with Crippen LogP contribution in [0.1, 0.15) is 38.2 Å². The summed E-state index contributed by atoms with van der Waals surface area (Å²) in [5.41, 5.74) is 7.05. The Morgan fingerprint density at radius 2 is 2.13 bits per heavy atom. The van der Waals surface area contributed by atoms with E-state index in [0.29, 0.717) is 12.8 Å². The number of carbonyl (C=O) groups excluding carboxylic acids is 1. The molecule has 23 heavy (non-hydrogen) atoms.